The molecule has 0 aliphatic rings. The first kappa shape index (κ1) is 12.4. The minimum atomic E-state index is 1.18. The Morgan fingerprint density at radius 2 is 1.41 bits per heavy atom. The molecule has 0 amide bonds. The third kappa shape index (κ3) is 2.06. The molecule has 90 valence electrons. The van der Waals surface area contributed by atoms with Crippen LogP contribution < -0.4 is 0 Å². The van der Waals surface area contributed by atoms with Crippen LogP contribution in [0.4, 0.5) is 0 Å². The number of nitrogens with zero attached hydrogens (tertiary/aromatic N) is 1. The lowest BCUT2D eigenvalue weighted by molar-refractivity contribution is 0.940. The summed E-state index contributed by atoms with van der Waals surface area (Å²) in [5, 5.41) is 0. The van der Waals surface area contributed by atoms with E-state index in [0.29, 0.717) is 0 Å². The molecular formula is C15H18BrN. The number of aryl methyl sites for hydroxylation is 4. The average Bonchev–Trinajstić information content (AvgIpc) is 2.43. The summed E-state index contributed by atoms with van der Waals surface area (Å²) < 4.78 is 3.50. The van der Waals surface area contributed by atoms with Crippen LogP contribution in [0.25, 0.3) is 5.69 Å². The predicted molar refractivity (Wildman–Crippen MR) is 77.2 cm³/mol. The Labute approximate surface area is 112 Å². The van der Waals surface area contributed by atoms with E-state index >= 15 is 0 Å². The quantitative estimate of drug-likeness (QED) is 0.712. The van der Waals surface area contributed by atoms with E-state index in [9.17, 15) is 0 Å². The van der Waals surface area contributed by atoms with Crippen molar-refractivity contribution in [2.75, 3.05) is 0 Å². The van der Waals surface area contributed by atoms with Crippen molar-refractivity contribution in [2.24, 2.45) is 0 Å². The van der Waals surface area contributed by atoms with Gasteiger partial charge in [-0.05, 0) is 67.7 Å². The molecule has 2 heteroatoms. The van der Waals surface area contributed by atoms with Gasteiger partial charge in [0.05, 0.1) is 5.69 Å². The number of hydrogen-bond acceptors (Lipinski definition) is 0. The van der Waals surface area contributed by atoms with Crippen molar-refractivity contribution in [2.45, 2.75) is 34.6 Å². The van der Waals surface area contributed by atoms with Crippen LogP contribution in [0.15, 0.2) is 22.7 Å². The van der Waals surface area contributed by atoms with E-state index in [1.54, 1.807) is 0 Å². The molecular weight excluding hydrogens is 274 g/mol. The Morgan fingerprint density at radius 3 is 1.82 bits per heavy atom. The van der Waals surface area contributed by atoms with Gasteiger partial charge in [-0.2, -0.15) is 0 Å². The normalized spacial score (nSPS) is 10.9. The zero-order chi connectivity index (χ0) is 12.7. The molecule has 0 N–H and O–H groups in total. The molecule has 0 bridgehead atoms. The third-order valence-corrected chi connectivity index (χ3v) is 4.03. The molecule has 1 nitrogen and oxygen atoms in total. The van der Waals surface area contributed by atoms with Crippen LogP contribution in [0.5, 0.6) is 0 Å². The monoisotopic (exact) mass is 291 g/mol. The van der Waals surface area contributed by atoms with Crippen molar-refractivity contribution in [3.05, 3.63) is 50.8 Å². The molecule has 0 unspecified atom stereocenters. The lowest BCUT2D eigenvalue weighted by Crippen LogP contribution is -2.04. The highest BCUT2D eigenvalue weighted by atomic mass is 79.9. The second kappa shape index (κ2) is 4.34. The second-order valence-electron chi connectivity index (χ2n) is 4.80. The zero-order valence-electron chi connectivity index (χ0n) is 11.1. The SMILES string of the molecule is Cc1cc(C)c(-n2c(C)cc(Br)c2C)c(C)c1. The van der Waals surface area contributed by atoms with Crippen molar-refractivity contribution in [1.29, 1.82) is 0 Å². The van der Waals surface area contributed by atoms with Gasteiger partial charge in [0.25, 0.3) is 0 Å². The summed E-state index contributed by atoms with van der Waals surface area (Å²) >= 11 is 3.61. The molecule has 0 fully saturated rings. The van der Waals surface area contributed by atoms with Crippen LogP contribution >= 0.6 is 15.9 Å². The summed E-state index contributed by atoms with van der Waals surface area (Å²) in [7, 11) is 0. The van der Waals surface area contributed by atoms with Crippen molar-refractivity contribution in [1.82, 2.24) is 4.57 Å². The van der Waals surface area contributed by atoms with Gasteiger partial charge in [0.15, 0.2) is 0 Å². The maximum absolute atomic E-state index is 3.61. The number of benzene rings is 1. The number of aromatic nitrogens is 1. The first-order chi connectivity index (χ1) is 7.91. The van der Waals surface area contributed by atoms with E-state index in [2.05, 4.69) is 73.3 Å². The van der Waals surface area contributed by atoms with E-state index in [1.807, 2.05) is 0 Å². The van der Waals surface area contributed by atoms with Crippen LogP contribution in [0.3, 0.4) is 0 Å². The first-order valence-electron chi connectivity index (χ1n) is 5.84. The molecule has 0 atom stereocenters. The van der Waals surface area contributed by atoms with E-state index in [0.717, 1.165) is 0 Å². The molecule has 1 aromatic carbocycles. The summed E-state index contributed by atoms with van der Waals surface area (Å²) in [4.78, 5) is 0. The van der Waals surface area contributed by atoms with Crippen LogP contribution in [0.1, 0.15) is 28.1 Å². The summed E-state index contributed by atoms with van der Waals surface area (Å²) in [6.07, 6.45) is 0. The van der Waals surface area contributed by atoms with Crippen LogP contribution in [-0.2, 0) is 0 Å². The summed E-state index contributed by atoms with van der Waals surface area (Å²) in [6.45, 7) is 10.8. The molecule has 2 aromatic rings. The van der Waals surface area contributed by atoms with Gasteiger partial charge in [0, 0.05) is 15.9 Å². The molecule has 0 spiro atoms. The highest BCUT2D eigenvalue weighted by molar-refractivity contribution is 9.10. The van der Waals surface area contributed by atoms with Crippen molar-refractivity contribution >= 4 is 15.9 Å². The van der Waals surface area contributed by atoms with Crippen LogP contribution in [0.2, 0.25) is 0 Å². The maximum Gasteiger partial charge on any atom is 0.0513 e. The fourth-order valence-electron chi connectivity index (χ4n) is 2.59. The van der Waals surface area contributed by atoms with Gasteiger partial charge >= 0.3 is 0 Å². The fourth-order valence-corrected chi connectivity index (χ4v) is 3.10. The fraction of sp³-hybridized carbons (Fsp3) is 0.333. The second-order valence-corrected chi connectivity index (χ2v) is 5.66. The lowest BCUT2D eigenvalue weighted by Gasteiger charge is -2.16. The van der Waals surface area contributed by atoms with Crippen molar-refractivity contribution < 1.29 is 0 Å². The van der Waals surface area contributed by atoms with Crippen LogP contribution in [-0.4, -0.2) is 4.57 Å². The number of halogens is 1. The van der Waals surface area contributed by atoms with Gasteiger partial charge in [-0.15, -0.1) is 0 Å². The molecule has 1 aromatic heterocycles. The minimum absolute atomic E-state index is 1.18. The van der Waals surface area contributed by atoms with E-state index < -0.39 is 0 Å². The number of rotatable bonds is 1. The van der Waals surface area contributed by atoms with Gasteiger partial charge in [0.1, 0.15) is 0 Å². The maximum atomic E-state index is 3.61. The Morgan fingerprint density at radius 1 is 0.882 bits per heavy atom. The molecule has 0 aliphatic heterocycles. The molecule has 0 radical (unpaired) electrons. The van der Waals surface area contributed by atoms with Gasteiger partial charge < -0.3 is 4.57 Å². The number of hydrogen-bond donors (Lipinski definition) is 0. The molecule has 1 heterocycles. The lowest BCUT2D eigenvalue weighted by atomic mass is 10.0. The Kier molecular flexibility index (Phi) is 3.17. The third-order valence-electron chi connectivity index (χ3n) is 3.23. The summed E-state index contributed by atoms with van der Waals surface area (Å²) in [6, 6.07) is 6.66. The van der Waals surface area contributed by atoms with Gasteiger partial charge in [-0.3, -0.25) is 0 Å². The molecule has 17 heavy (non-hydrogen) atoms. The topological polar surface area (TPSA) is 4.93 Å². The smallest absolute Gasteiger partial charge is 0.0513 e. The van der Waals surface area contributed by atoms with Gasteiger partial charge in [-0.1, -0.05) is 17.7 Å². The highest BCUT2D eigenvalue weighted by Crippen LogP contribution is 2.29. The van der Waals surface area contributed by atoms with Crippen molar-refractivity contribution in [3.63, 3.8) is 0 Å². The molecule has 0 saturated heterocycles. The van der Waals surface area contributed by atoms with Crippen LogP contribution in [0, 0.1) is 34.6 Å². The highest BCUT2D eigenvalue weighted by Gasteiger charge is 2.12. The molecule has 0 aliphatic carbocycles. The Balaban J connectivity index is 2.77. The standard InChI is InChI=1S/C15H18BrN/c1-9-6-10(2)15(11(3)7-9)17-12(4)8-14(16)13(17)5/h6-8H,1-5H3. The van der Waals surface area contributed by atoms with E-state index in [1.165, 1.54) is 38.2 Å². The van der Waals surface area contributed by atoms with E-state index in [-0.39, 0.29) is 0 Å². The van der Waals surface area contributed by atoms with E-state index in [4.69, 9.17) is 0 Å². The van der Waals surface area contributed by atoms with Gasteiger partial charge in [0.2, 0.25) is 0 Å². The van der Waals surface area contributed by atoms with Crippen molar-refractivity contribution in [3.8, 4) is 5.69 Å². The average molecular weight is 292 g/mol. The van der Waals surface area contributed by atoms with Gasteiger partial charge in [-0.25, -0.2) is 0 Å². The predicted octanol–water partition coefficient (Wildman–Crippen LogP) is 4.78. The molecule has 0 saturated carbocycles. The Hall–Kier alpha value is -1.02. The Bertz CT molecular complexity index is 556. The first-order valence-corrected chi connectivity index (χ1v) is 6.63. The minimum Gasteiger partial charge on any atom is -0.317 e. The largest absolute Gasteiger partial charge is 0.317 e. The molecule has 2 rings (SSSR count). The summed E-state index contributed by atoms with van der Waals surface area (Å²) in [5.74, 6) is 0. The zero-order valence-corrected chi connectivity index (χ0v) is 12.6. The summed E-state index contributed by atoms with van der Waals surface area (Å²) in [5.41, 5.74) is 7.83.